The van der Waals surface area contributed by atoms with E-state index in [9.17, 15) is 0 Å². The van der Waals surface area contributed by atoms with Gasteiger partial charge in [0.05, 0.1) is 11.2 Å². The maximum absolute atomic E-state index is 5.37. The Morgan fingerprint density at radius 1 is 0.634 bits per heavy atom. The summed E-state index contributed by atoms with van der Waals surface area (Å²) in [6.45, 7) is 4.19. The van der Waals surface area contributed by atoms with Crippen LogP contribution in [0.3, 0.4) is 0 Å². The number of benzene rings is 5. The SMILES string of the molecule is C/C=C\C(=C/C)c1c2ccccc2c(-c2nc3nc4cc5ccccc5cn4c3c3ccccc23)c2ccccc12. The molecular weight excluding hydrogens is 498 g/mol. The van der Waals surface area contributed by atoms with Crippen LogP contribution < -0.4 is 0 Å². The summed E-state index contributed by atoms with van der Waals surface area (Å²) in [5.41, 5.74) is 7.29. The second-order valence-electron chi connectivity index (χ2n) is 10.5. The highest BCUT2D eigenvalue weighted by molar-refractivity contribution is 6.22. The van der Waals surface area contributed by atoms with Crippen LogP contribution in [0.4, 0.5) is 0 Å². The molecule has 0 aliphatic heterocycles. The number of imidazole rings is 1. The Kier molecular flexibility index (Phi) is 5.26. The first-order valence-electron chi connectivity index (χ1n) is 14.1. The standard InChI is InChI=1S/C38H27N3/c1-3-13-24(4-2)34-27-16-7-9-18-29(27)35(30-19-10-8-17-28(30)34)36-31-20-11-12-21-32(31)37-38(40-36)39-33-22-25-14-5-6-15-26(25)23-41(33)37/h3-23H,1-2H3/b13-3-,24-4+. The van der Waals surface area contributed by atoms with Gasteiger partial charge in [-0.1, -0.05) is 115 Å². The number of hydrogen-bond acceptors (Lipinski definition) is 2. The van der Waals surface area contributed by atoms with E-state index in [1.54, 1.807) is 0 Å². The molecule has 5 aromatic carbocycles. The van der Waals surface area contributed by atoms with E-state index in [0.717, 1.165) is 38.8 Å². The highest BCUT2D eigenvalue weighted by atomic mass is 15.0. The maximum Gasteiger partial charge on any atom is 0.179 e. The third-order valence-electron chi connectivity index (χ3n) is 8.24. The summed E-state index contributed by atoms with van der Waals surface area (Å²) < 4.78 is 2.20. The van der Waals surface area contributed by atoms with Crippen molar-refractivity contribution in [3.63, 3.8) is 0 Å². The third-order valence-corrected chi connectivity index (χ3v) is 8.24. The number of aromatic nitrogens is 3. The largest absolute Gasteiger partial charge is 0.297 e. The zero-order valence-corrected chi connectivity index (χ0v) is 23.0. The third kappa shape index (κ3) is 3.46. The molecule has 8 rings (SSSR count). The molecule has 0 saturated heterocycles. The van der Waals surface area contributed by atoms with Crippen LogP contribution in [0, 0.1) is 0 Å². The number of pyridine rings is 2. The molecule has 0 N–H and O–H groups in total. The molecule has 0 unspecified atom stereocenters. The minimum absolute atomic E-state index is 0.759. The molecule has 3 nitrogen and oxygen atoms in total. The summed E-state index contributed by atoms with van der Waals surface area (Å²) in [5.74, 6) is 0. The first-order valence-corrected chi connectivity index (χ1v) is 14.1. The first-order chi connectivity index (χ1) is 20.3. The summed E-state index contributed by atoms with van der Waals surface area (Å²) in [5, 5.41) is 9.45. The molecule has 0 amide bonds. The van der Waals surface area contributed by atoms with E-state index in [1.165, 1.54) is 43.5 Å². The van der Waals surface area contributed by atoms with Crippen LogP contribution >= 0.6 is 0 Å². The number of hydrogen-bond donors (Lipinski definition) is 0. The van der Waals surface area contributed by atoms with Crippen LogP contribution in [0.15, 0.2) is 128 Å². The summed E-state index contributed by atoms with van der Waals surface area (Å²) in [6, 6.07) is 36.7. The molecular formula is C38H27N3. The summed E-state index contributed by atoms with van der Waals surface area (Å²) in [7, 11) is 0. The second kappa shape index (κ2) is 9.14. The maximum atomic E-state index is 5.37. The van der Waals surface area contributed by atoms with Gasteiger partial charge in [0.2, 0.25) is 0 Å². The van der Waals surface area contributed by atoms with Crippen molar-refractivity contribution in [3.05, 3.63) is 133 Å². The fourth-order valence-corrected chi connectivity index (χ4v) is 6.49. The lowest BCUT2D eigenvalue weighted by Crippen LogP contribution is -1.96. The van der Waals surface area contributed by atoms with Crippen molar-refractivity contribution < 1.29 is 0 Å². The fourth-order valence-electron chi connectivity index (χ4n) is 6.49. The Balaban J connectivity index is 1.56. The predicted molar refractivity (Wildman–Crippen MR) is 174 cm³/mol. The van der Waals surface area contributed by atoms with Crippen molar-refractivity contribution in [2.75, 3.05) is 0 Å². The molecule has 0 bridgehead atoms. The van der Waals surface area contributed by atoms with Crippen molar-refractivity contribution in [2.45, 2.75) is 13.8 Å². The summed E-state index contributed by atoms with van der Waals surface area (Å²) in [4.78, 5) is 10.5. The molecule has 8 aromatic rings. The fraction of sp³-hybridized carbons (Fsp3) is 0.0526. The molecule has 0 radical (unpaired) electrons. The van der Waals surface area contributed by atoms with E-state index in [-0.39, 0.29) is 0 Å². The van der Waals surface area contributed by atoms with Gasteiger partial charge in [-0.05, 0) is 63.4 Å². The molecule has 0 aliphatic rings. The summed E-state index contributed by atoms with van der Waals surface area (Å²) >= 11 is 0. The predicted octanol–water partition coefficient (Wildman–Crippen LogP) is 10.1. The minimum atomic E-state index is 0.759. The van der Waals surface area contributed by atoms with Gasteiger partial charge >= 0.3 is 0 Å². The molecule has 3 heteroatoms. The van der Waals surface area contributed by atoms with Crippen LogP contribution in [0.25, 0.3) is 76.7 Å². The lowest BCUT2D eigenvalue weighted by atomic mass is 9.86. The van der Waals surface area contributed by atoms with Gasteiger partial charge in [-0.25, -0.2) is 9.97 Å². The molecule has 3 aromatic heterocycles. The molecule has 0 atom stereocenters. The van der Waals surface area contributed by atoms with Crippen LogP contribution in [0.1, 0.15) is 19.4 Å². The number of allylic oxidation sites excluding steroid dienone is 4. The molecule has 0 saturated carbocycles. The van der Waals surface area contributed by atoms with Crippen molar-refractivity contribution in [1.29, 1.82) is 0 Å². The van der Waals surface area contributed by atoms with Gasteiger partial charge in [-0.3, -0.25) is 4.40 Å². The quantitative estimate of drug-likeness (QED) is 0.170. The van der Waals surface area contributed by atoms with Gasteiger partial charge < -0.3 is 0 Å². The van der Waals surface area contributed by atoms with Crippen LogP contribution in [-0.2, 0) is 0 Å². The molecule has 0 spiro atoms. The minimum Gasteiger partial charge on any atom is -0.297 e. The van der Waals surface area contributed by atoms with Crippen molar-refractivity contribution >= 4 is 65.5 Å². The molecule has 194 valence electrons. The average molecular weight is 526 g/mol. The second-order valence-corrected chi connectivity index (χ2v) is 10.5. The molecule has 0 aliphatic carbocycles. The molecule has 3 heterocycles. The van der Waals surface area contributed by atoms with Gasteiger partial charge in [0.1, 0.15) is 5.65 Å². The molecule has 0 fully saturated rings. The molecule has 41 heavy (non-hydrogen) atoms. The smallest absolute Gasteiger partial charge is 0.179 e. The van der Waals surface area contributed by atoms with E-state index >= 15 is 0 Å². The van der Waals surface area contributed by atoms with Crippen LogP contribution in [-0.4, -0.2) is 14.4 Å². The average Bonchev–Trinajstić information content (AvgIpc) is 3.38. The van der Waals surface area contributed by atoms with Crippen molar-refractivity contribution in [2.24, 2.45) is 0 Å². The highest BCUT2D eigenvalue weighted by Crippen LogP contribution is 2.44. The number of fused-ring (bicyclic) bond motifs is 8. The van der Waals surface area contributed by atoms with Crippen LogP contribution in [0.5, 0.6) is 0 Å². The zero-order chi connectivity index (χ0) is 27.5. The normalized spacial score (nSPS) is 12.7. The van der Waals surface area contributed by atoms with E-state index in [0.29, 0.717) is 0 Å². The Morgan fingerprint density at radius 3 is 1.88 bits per heavy atom. The van der Waals surface area contributed by atoms with Gasteiger partial charge in [-0.2, -0.15) is 0 Å². The van der Waals surface area contributed by atoms with E-state index in [1.807, 2.05) is 0 Å². The van der Waals surface area contributed by atoms with Gasteiger partial charge in [-0.15, -0.1) is 0 Å². The van der Waals surface area contributed by atoms with E-state index in [4.69, 9.17) is 9.97 Å². The Bertz CT molecular complexity index is 2330. The van der Waals surface area contributed by atoms with E-state index in [2.05, 4.69) is 146 Å². The summed E-state index contributed by atoms with van der Waals surface area (Å²) in [6.07, 6.45) is 8.71. The van der Waals surface area contributed by atoms with E-state index < -0.39 is 0 Å². The monoisotopic (exact) mass is 525 g/mol. The van der Waals surface area contributed by atoms with Gasteiger partial charge in [0, 0.05) is 22.5 Å². The number of rotatable bonds is 3. The lowest BCUT2D eigenvalue weighted by Gasteiger charge is -2.18. The zero-order valence-electron chi connectivity index (χ0n) is 23.0. The van der Waals surface area contributed by atoms with Crippen molar-refractivity contribution in [3.8, 4) is 11.3 Å². The van der Waals surface area contributed by atoms with Crippen molar-refractivity contribution in [1.82, 2.24) is 14.4 Å². The highest BCUT2D eigenvalue weighted by Gasteiger charge is 2.21. The Morgan fingerprint density at radius 2 is 1.22 bits per heavy atom. The number of nitrogens with zero attached hydrogens (tertiary/aromatic N) is 3. The lowest BCUT2D eigenvalue weighted by molar-refractivity contribution is 1.25. The van der Waals surface area contributed by atoms with Crippen LogP contribution in [0.2, 0.25) is 0 Å². The Labute approximate surface area is 237 Å². The van der Waals surface area contributed by atoms with Gasteiger partial charge in [0.25, 0.3) is 0 Å². The first kappa shape index (κ1) is 23.6. The Hall–Kier alpha value is -5.28. The van der Waals surface area contributed by atoms with Gasteiger partial charge in [0.15, 0.2) is 5.65 Å². The topological polar surface area (TPSA) is 30.2 Å².